The molecule has 8 heteroatoms. The van der Waals surface area contributed by atoms with E-state index in [0.717, 1.165) is 19.2 Å². The van der Waals surface area contributed by atoms with Crippen LogP contribution in [-0.4, -0.2) is 41.0 Å². The molecule has 3 aromatic rings. The molecule has 0 atom stereocenters. The topological polar surface area (TPSA) is 68.1 Å². The van der Waals surface area contributed by atoms with Gasteiger partial charge in [0.1, 0.15) is 11.0 Å². The van der Waals surface area contributed by atoms with Crippen LogP contribution in [0.1, 0.15) is 0 Å². The van der Waals surface area contributed by atoms with Crippen molar-refractivity contribution in [2.75, 3.05) is 14.1 Å². The Morgan fingerprint density at radius 2 is 1.95 bits per heavy atom. The smallest absolute Gasteiger partial charge is 0.251 e. The van der Waals surface area contributed by atoms with Crippen molar-refractivity contribution in [1.29, 1.82) is 0 Å². The summed E-state index contributed by atoms with van der Waals surface area (Å²) >= 11 is 2.00. The molecule has 0 N–H and O–H groups in total. The number of pyridine rings is 1. The van der Waals surface area contributed by atoms with E-state index in [1.165, 1.54) is 14.1 Å². The predicted octanol–water partition coefficient (Wildman–Crippen LogP) is 1.84. The molecule has 2 heterocycles. The first-order valence-electron chi connectivity index (χ1n) is 5.78. The van der Waals surface area contributed by atoms with E-state index in [0.29, 0.717) is 14.7 Å². The van der Waals surface area contributed by atoms with Gasteiger partial charge in [0.25, 0.3) is 0 Å². The van der Waals surface area contributed by atoms with E-state index in [9.17, 15) is 8.42 Å². The van der Waals surface area contributed by atoms with Crippen LogP contribution in [-0.2, 0) is 10.2 Å². The summed E-state index contributed by atoms with van der Waals surface area (Å²) in [6, 6.07) is 7.53. The van der Waals surface area contributed by atoms with Crippen molar-refractivity contribution in [2.45, 2.75) is 0 Å². The molecule has 0 spiro atoms. The van der Waals surface area contributed by atoms with Gasteiger partial charge >= 0.3 is 10.2 Å². The Morgan fingerprint density at radius 1 is 1.25 bits per heavy atom. The Kier molecular flexibility index (Phi) is 3.18. The third-order valence-corrected chi connectivity index (χ3v) is 5.37. The number of hydrogen-bond donors (Lipinski definition) is 0. The summed E-state index contributed by atoms with van der Waals surface area (Å²) in [5, 5.41) is 5.84. The maximum absolute atomic E-state index is 12.4. The highest BCUT2D eigenvalue weighted by Gasteiger charge is 2.24. The predicted molar refractivity (Wildman–Crippen MR) is 85.8 cm³/mol. The van der Waals surface area contributed by atoms with Gasteiger partial charge in [-0.2, -0.15) is 12.7 Å². The fourth-order valence-corrected chi connectivity index (χ4v) is 3.66. The van der Waals surface area contributed by atoms with Gasteiger partial charge < -0.3 is 0 Å². The van der Waals surface area contributed by atoms with Crippen molar-refractivity contribution in [3.63, 3.8) is 0 Å². The third kappa shape index (κ3) is 1.90. The number of nitrogens with zero attached hydrogens (tertiary/aromatic N) is 4. The van der Waals surface area contributed by atoms with E-state index >= 15 is 0 Å². The zero-order chi connectivity index (χ0) is 14.5. The average Bonchev–Trinajstić information content (AvgIpc) is 2.77. The second kappa shape index (κ2) is 4.64. The highest BCUT2D eigenvalue weighted by Crippen LogP contribution is 2.27. The standard InChI is InChI=1S/C12H11IN4O2S/c1-16(2)20(18,19)17-11-9-6-4-3-5-8(9)7-14-10(11)12(13)15-17/h3-7H,1-2H3. The molecule has 0 saturated heterocycles. The van der Waals surface area contributed by atoms with Crippen molar-refractivity contribution in [3.05, 3.63) is 34.2 Å². The largest absolute Gasteiger partial charge is 0.323 e. The quantitative estimate of drug-likeness (QED) is 0.614. The molecule has 1 aromatic carbocycles. The van der Waals surface area contributed by atoms with E-state index in [-0.39, 0.29) is 0 Å². The highest BCUT2D eigenvalue weighted by atomic mass is 127. The molecular formula is C12H11IN4O2S. The van der Waals surface area contributed by atoms with Crippen LogP contribution in [0.15, 0.2) is 30.5 Å². The summed E-state index contributed by atoms with van der Waals surface area (Å²) in [6.45, 7) is 0. The molecule has 0 aliphatic rings. The molecule has 0 bridgehead atoms. The minimum Gasteiger partial charge on any atom is -0.251 e. The fourth-order valence-electron chi connectivity index (χ4n) is 1.99. The van der Waals surface area contributed by atoms with Crippen LogP contribution in [0.4, 0.5) is 0 Å². The van der Waals surface area contributed by atoms with Gasteiger partial charge in [0.15, 0.2) is 3.70 Å². The van der Waals surface area contributed by atoms with E-state index < -0.39 is 10.2 Å². The summed E-state index contributed by atoms with van der Waals surface area (Å²) < 4.78 is 27.6. The zero-order valence-electron chi connectivity index (χ0n) is 10.8. The molecule has 0 amide bonds. The number of fused-ring (bicyclic) bond motifs is 3. The van der Waals surface area contributed by atoms with Gasteiger partial charge in [0.2, 0.25) is 0 Å². The molecule has 20 heavy (non-hydrogen) atoms. The van der Waals surface area contributed by atoms with Gasteiger partial charge in [-0.1, -0.05) is 24.3 Å². The lowest BCUT2D eigenvalue weighted by Gasteiger charge is -2.12. The van der Waals surface area contributed by atoms with Gasteiger partial charge in [-0.25, -0.2) is 0 Å². The third-order valence-electron chi connectivity index (χ3n) is 3.02. The van der Waals surface area contributed by atoms with Gasteiger partial charge in [-0.05, 0) is 22.6 Å². The molecule has 3 rings (SSSR count). The van der Waals surface area contributed by atoms with Crippen LogP contribution < -0.4 is 0 Å². The average molecular weight is 402 g/mol. The van der Waals surface area contributed by atoms with Crippen molar-refractivity contribution in [3.8, 4) is 0 Å². The van der Waals surface area contributed by atoms with Crippen LogP contribution in [0.2, 0.25) is 0 Å². The lowest BCUT2D eigenvalue weighted by atomic mass is 10.1. The molecule has 6 nitrogen and oxygen atoms in total. The molecule has 2 aromatic heterocycles. The second-order valence-corrected chi connectivity index (χ2v) is 7.46. The summed E-state index contributed by atoms with van der Waals surface area (Å²) in [6.07, 6.45) is 1.73. The number of rotatable bonds is 2. The molecule has 0 saturated carbocycles. The number of aromatic nitrogens is 3. The van der Waals surface area contributed by atoms with Gasteiger partial charge in [-0.3, -0.25) is 4.98 Å². The number of halogens is 1. The van der Waals surface area contributed by atoms with Gasteiger partial charge in [0, 0.05) is 31.1 Å². The maximum Gasteiger partial charge on any atom is 0.323 e. The van der Waals surface area contributed by atoms with E-state index in [2.05, 4.69) is 10.1 Å². The minimum atomic E-state index is -3.68. The monoisotopic (exact) mass is 402 g/mol. The van der Waals surface area contributed by atoms with Crippen molar-refractivity contribution >= 4 is 54.6 Å². The summed E-state index contributed by atoms with van der Waals surface area (Å²) in [7, 11) is -0.719. The van der Waals surface area contributed by atoms with Crippen molar-refractivity contribution < 1.29 is 8.42 Å². The Labute approximate surface area is 129 Å². The highest BCUT2D eigenvalue weighted by molar-refractivity contribution is 14.1. The Morgan fingerprint density at radius 3 is 2.65 bits per heavy atom. The Hall–Kier alpha value is -1.26. The Bertz CT molecular complexity index is 918. The molecule has 0 fully saturated rings. The van der Waals surface area contributed by atoms with Crippen LogP contribution >= 0.6 is 22.6 Å². The van der Waals surface area contributed by atoms with E-state index in [4.69, 9.17) is 0 Å². The van der Waals surface area contributed by atoms with Crippen LogP contribution in [0.5, 0.6) is 0 Å². The normalized spacial score (nSPS) is 12.6. The molecule has 0 unspecified atom stereocenters. The first-order valence-corrected chi connectivity index (χ1v) is 8.25. The van der Waals surface area contributed by atoms with Crippen LogP contribution in [0.25, 0.3) is 21.8 Å². The second-order valence-electron chi connectivity index (χ2n) is 4.47. The summed E-state index contributed by atoms with van der Waals surface area (Å²) in [4.78, 5) is 4.33. The minimum absolute atomic E-state index is 0.515. The summed E-state index contributed by atoms with van der Waals surface area (Å²) in [5.74, 6) is 0. The van der Waals surface area contributed by atoms with Gasteiger partial charge in [-0.15, -0.1) is 9.19 Å². The molecular weight excluding hydrogens is 391 g/mol. The molecule has 0 aliphatic heterocycles. The van der Waals surface area contributed by atoms with Gasteiger partial charge in [0.05, 0.1) is 0 Å². The lowest BCUT2D eigenvalue weighted by molar-refractivity contribution is 0.506. The number of hydrogen-bond acceptors (Lipinski definition) is 4. The molecule has 0 aliphatic carbocycles. The van der Waals surface area contributed by atoms with Crippen LogP contribution in [0, 0.1) is 3.70 Å². The lowest BCUT2D eigenvalue weighted by Crippen LogP contribution is -2.29. The fraction of sp³-hybridized carbons (Fsp3) is 0.167. The first-order chi connectivity index (χ1) is 9.43. The van der Waals surface area contributed by atoms with Crippen LogP contribution in [0.3, 0.4) is 0 Å². The van der Waals surface area contributed by atoms with E-state index in [1.807, 2.05) is 46.9 Å². The van der Waals surface area contributed by atoms with E-state index in [1.54, 1.807) is 6.20 Å². The molecule has 104 valence electrons. The molecule has 0 radical (unpaired) electrons. The number of benzene rings is 1. The SMILES string of the molecule is CN(C)S(=O)(=O)n1nc(I)c2ncc3ccccc3c21. The first kappa shape index (κ1) is 13.7. The van der Waals surface area contributed by atoms with Crippen molar-refractivity contribution in [2.24, 2.45) is 0 Å². The zero-order valence-corrected chi connectivity index (χ0v) is 13.8. The Balaban J connectivity index is 2.54. The maximum atomic E-state index is 12.4. The van der Waals surface area contributed by atoms with Crippen molar-refractivity contribution in [1.82, 2.24) is 18.5 Å². The summed E-state index contributed by atoms with van der Waals surface area (Å²) in [5.41, 5.74) is 1.11.